The monoisotopic (exact) mass is 517 g/mol. The van der Waals surface area contributed by atoms with Crippen LogP contribution in [0.2, 0.25) is 5.02 Å². The number of aliphatic hydroxyl groups is 1. The Kier molecular flexibility index (Phi) is 7.54. The Morgan fingerprint density at radius 2 is 1.86 bits per heavy atom. The highest BCUT2D eigenvalue weighted by Gasteiger charge is 2.35. The molecule has 0 radical (unpaired) electrons. The van der Waals surface area contributed by atoms with Gasteiger partial charge in [-0.3, -0.25) is 4.79 Å². The van der Waals surface area contributed by atoms with Crippen LogP contribution in [0.4, 0.5) is 13.2 Å². The van der Waals surface area contributed by atoms with Crippen LogP contribution in [0.1, 0.15) is 42.0 Å². The summed E-state index contributed by atoms with van der Waals surface area (Å²) in [6, 6.07) is 11.7. The molecule has 5 nitrogen and oxygen atoms in total. The quantitative estimate of drug-likeness (QED) is 0.187. The number of hydrogen-bond donors (Lipinski definition) is 1. The molecule has 0 amide bonds. The third-order valence-electron chi connectivity index (χ3n) is 6.18. The van der Waals surface area contributed by atoms with E-state index in [1.165, 1.54) is 12.1 Å². The summed E-state index contributed by atoms with van der Waals surface area (Å²) >= 11 is 5.84. The molecule has 1 aromatic heterocycles. The molecule has 36 heavy (non-hydrogen) atoms. The van der Waals surface area contributed by atoms with Crippen molar-refractivity contribution in [2.45, 2.75) is 38.2 Å². The number of Topliss-reactive ketones (excluding diaryl/α,β-unsaturated/α-hetero) is 1. The maximum atomic E-state index is 14.8. The molecule has 1 atom stereocenters. The molecular formula is C27H23ClF3NO4. The SMILES string of the molecule is C=C(O)c1ccc(CC(=O)C(CC2CC2)c2ccc(-c3c(OC(F)F)ccc(Cl)c3F)c[n+]2[O-])cc1. The number of rotatable bonds is 10. The maximum absolute atomic E-state index is 14.8. The summed E-state index contributed by atoms with van der Waals surface area (Å²) in [5.74, 6) is -2.06. The van der Waals surface area contributed by atoms with E-state index in [-0.39, 0.29) is 39.8 Å². The van der Waals surface area contributed by atoms with Crippen LogP contribution in [-0.2, 0) is 11.2 Å². The van der Waals surface area contributed by atoms with Gasteiger partial charge >= 0.3 is 6.61 Å². The molecule has 1 aliphatic rings. The molecule has 1 heterocycles. The summed E-state index contributed by atoms with van der Waals surface area (Å²) in [5.41, 5.74) is 1.07. The number of alkyl halides is 2. The average Bonchev–Trinajstić information content (AvgIpc) is 3.65. The minimum Gasteiger partial charge on any atom is -0.618 e. The number of pyridine rings is 1. The molecule has 0 spiro atoms. The van der Waals surface area contributed by atoms with Gasteiger partial charge in [0.05, 0.1) is 16.1 Å². The van der Waals surface area contributed by atoms with E-state index in [1.807, 2.05) is 0 Å². The molecule has 0 aliphatic heterocycles. The fourth-order valence-corrected chi connectivity index (χ4v) is 4.31. The number of aliphatic hydroxyl groups excluding tert-OH is 1. The Bertz CT molecular complexity index is 1290. The Morgan fingerprint density at radius 1 is 1.17 bits per heavy atom. The Balaban J connectivity index is 1.65. The number of nitrogens with zero attached hydrogens (tertiary/aromatic N) is 1. The van der Waals surface area contributed by atoms with E-state index in [4.69, 9.17) is 11.6 Å². The standard InChI is InChI=1S/C27H23ClF3NO4/c1-15(33)18-6-4-17(5-7-18)13-23(34)20(12-16-2-3-16)22-10-8-19(14-32(22)35)25-24(36-27(30)31)11-9-21(28)26(25)29/h4-11,14,16,20,27,33H,1-3,12-13H2. The largest absolute Gasteiger partial charge is 0.618 e. The van der Waals surface area contributed by atoms with Gasteiger partial charge in [-0.15, -0.1) is 0 Å². The van der Waals surface area contributed by atoms with Crippen molar-refractivity contribution < 1.29 is 32.5 Å². The first-order chi connectivity index (χ1) is 17.1. The van der Waals surface area contributed by atoms with Crippen LogP contribution in [0, 0.1) is 16.9 Å². The van der Waals surface area contributed by atoms with Crippen LogP contribution in [0.25, 0.3) is 16.9 Å². The van der Waals surface area contributed by atoms with Gasteiger partial charge in [-0.2, -0.15) is 13.5 Å². The highest BCUT2D eigenvalue weighted by molar-refractivity contribution is 6.31. The van der Waals surface area contributed by atoms with Crippen LogP contribution < -0.4 is 9.47 Å². The number of aromatic nitrogens is 1. The molecule has 1 saturated carbocycles. The molecular weight excluding hydrogens is 495 g/mol. The third kappa shape index (κ3) is 5.82. The summed E-state index contributed by atoms with van der Waals surface area (Å²) in [6.45, 7) is 0.266. The van der Waals surface area contributed by atoms with E-state index < -0.39 is 24.1 Å². The van der Waals surface area contributed by atoms with E-state index in [1.54, 1.807) is 24.3 Å². The molecule has 2 aromatic carbocycles. The fraction of sp³-hybridized carbons (Fsp3) is 0.259. The van der Waals surface area contributed by atoms with Gasteiger partial charge in [-0.1, -0.05) is 55.3 Å². The number of ether oxygens (including phenoxy) is 1. The second-order valence-electron chi connectivity index (χ2n) is 8.80. The highest BCUT2D eigenvalue weighted by Crippen LogP contribution is 2.40. The minimum atomic E-state index is -3.20. The first-order valence-corrected chi connectivity index (χ1v) is 11.7. The predicted octanol–water partition coefficient (Wildman–Crippen LogP) is 6.61. The van der Waals surface area contributed by atoms with E-state index in [0.29, 0.717) is 22.6 Å². The molecule has 0 saturated heterocycles. The summed E-state index contributed by atoms with van der Waals surface area (Å²) in [5, 5.41) is 22.2. The predicted molar refractivity (Wildman–Crippen MR) is 129 cm³/mol. The third-order valence-corrected chi connectivity index (χ3v) is 6.47. The summed E-state index contributed by atoms with van der Waals surface area (Å²) in [6.07, 6.45) is 3.55. The molecule has 188 valence electrons. The Hall–Kier alpha value is -3.52. The van der Waals surface area contributed by atoms with Gasteiger partial charge in [-0.05, 0) is 36.1 Å². The summed E-state index contributed by atoms with van der Waals surface area (Å²) in [4.78, 5) is 13.3. The van der Waals surface area contributed by atoms with Gasteiger partial charge in [0, 0.05) is 18.1 Å². The van der Waals surface area contributed by atoms with E-state index in [2.05, 4.69) is 11.3 Å². The molecule has 4 rings (SSSR count). The van der Waals surface area contributed by atoms with Crippen LogP contribution in [0.15, 0.2) is 61.3 Å². The van der Waals surface area contributed by atoms with Crippen molar-refractivity contribution in [1.29, 1.82) is 0 Å². The number of halogens is 4. The summed E-state index contributed by atoms with van der Waals surface area (Å²) < 4.78 is 45.4. The Morgan fingerprint density at radius 3 is 2.44 bits per heavy atom. The second kappa shape index (κ2) is 10.6. The van der Waals surface area contributed by atoms with Crippen LogP contribution in [-0.4, -0.2) is 17.5 Å². The lowest BCUT2D eigenvalue weighted by Gasteiger charge is -2.17. The van der Waals surface area contributed by atoms with Crippen molar-refractivity contribution in [3.05, 3.63) is 94.2 Å². The van der Waals surface area contributed by atoms with E-state index in [0.717, 1.165) is 36.7 Å². The van der Waals surface area contributed by atoms with Crippen molar-refractivity contribution in [3.8, 4) is 16.9 Å². The van der Waals surface area contributed by atoms with Crippen molar-refractivity contribution in [2.24, 2.45) is 5.92 Å². The lowest BCUT2D eigenvalue weighted by atomic mass is 9.89. The van der Waals surface area contributed by atoms with Gasteiger partial charge in [0.1, 0.15) is 17.4 Å². The second-order valence-corrected chi connectivity index (χ2v) is 9.21. The molecule has 1 fully saturated rings. The van der Waals surface area contributed by atoms with Gasteiger partial charge in [0.25, 0.3) is 0 Å². The van der Waals surface area contributed by atoms with E-state index >= 15 is 0 Å². The minimum absolute atomic E-state index is 0.0122. The first-order valence-electron chi connectivity index (χ1n) is 11.3. The molecule has 1 N–H and O–H groups in total. The lowest BCUT2D eigenvalue weighted by Crippen LogP contribution is -2.36. The average molecular weight is 518 g/mol. The van der Waals surface area contributed by atoms with Gasteiger partial charge in [0.2, 0.25) is 5.69 Å². The van der Waals surface area contributed by atoms with Crippen molar-refractivity contribution in [3.63, 3.8) is 0 Å². The number of hydrogen-bond acceptors (Lipinski definition) is 4. The number of carbonyl (C=O) groups is 1. The number of carbonyl (C=O) groups excluding carboxylic acids is 1. The zero-order valence-electron chi connectivity index (χ0n) is 19.1. The number of benzene rings is 2. The number of ketones is 1. The van der Waals surface area contributed by atoms with Crippen LogP contribution in [0.3, 0.4) is 0 Å². The van der Waals surface area contributed by atoms with E-state index in [9.17, 15) is 28.3 Å². The normalized spacial score (nSPS) is 14.0. The zero-order chi connectivity index (χ0) is 26.0. The van der Waals surface area contributed by atoms with Gasteiger partial charge < -0.3 is 15.1 Å². The molecule has 3 aromatic rings. The maximum Gasteiger partial charge on any atom is 0.387 e. The molecule has 1 unspecified atom stereocenters. The van der Waals surface area contributed by atoms with Gasteiger partial charge in [-0.25, -0.2) is 4.39 Å². The lowest BCUT2D eigenvalue weighted by molar-refractivity contribution is -0.614. The smallest absolute Gasteiger partial charge is 0.387 e. The topological polar surface area (TPSA) is 73.5 Å². The Labute approximate surface area is 211 Å². The molecule has 9 heteroatoms. The van der Waals surface area contributed by atoms with Crippen LogP contribution in [0.5, 0.6) is 5.75 Å². The van der Waals surface area contributed by atoms with Gasteiger partial charge in [0.15, 0.2) is 17.8 Å². The van der Waals surface area contributed by atoms with Crippen LogP contribution >= 0.6 is 11.6 Å². The zero-order valence-corrected chi connectivity index (χ0v) is 19.9. The molecule has 0 bridgehead atoms. The van der Waals surface area contributed by atoms with Crippen molar-refractivity contribution >= 4 is 23.1 Å². The molecule has 1 aliphatic carbocycles. The highest BCUT2D eigenvalue weighted by atomic mass is 35.5. The summed E-state index contributed by atoms with van der Waals surface area (Å²) in [7, 11) is 0. The fourth-order valence-electron chi connectivity index (χ4n) is 4.15. The van der Waals surface area contributed by atoms with Crippen molar-refractivity contribution in [1.82, 2.24) is 0 Å². The van der Waals surface area contributed by atoms with Crippen molar-refractivity contribution in [2.75, 3.05) is 0 Å². The first kappa shape index (κ1) is 25.6.